The van der Waals surface area contributed by atoms with Gasteiger partial charge in [-0.05, 0) is 57.5 Å². The summed E-state index contributed by atoms with van der Waals surface area (Å²) in [4.78, 5) is 27.3. The lowest BCUT2D eigenvalue weighted by molar-refractivity contribution is -0.140. The molecule has 0 saturated carbocycles. The number of carbonyl (C=O) groups is 2. The second-order valence-corrected chi connectivity index (χ2v) is 8.10. The van der Waals surface area contributed by atoms with Crippen LogP contribution in [-0.2, 0) is 14.3 Å². The van der Waals surface area contributed by atoms with Crippen LogP contribution in [0.1, 0.15) is 42.5 Å². The molecule has 8 heteroatoms. The number of hydrogen-bond acceptors (Lipinski definition) is 6. The Morgan fingerprint density at radius 2 is 1.97 bits per heavy atom. The molecule has 1 aromatic carbocycles. The van der Waals surface area contributed by atoms with Crippen molar-refractivity contribution in [2.24, 2.45) is 0 Å². The Hall–Kier alpha value is -2.77. The van der Waals surface area contributed by atoms with Gasteiger partial charge < -0.3 is 23.9 Å². The van der Waals surface area contributed by atoms with Crippen LogP contribution < -0.4 is 4.74 Å². The number of aliphatic hydroxyl groups excluding tert-OH is 1. The van der Waals surface area contributed by atoms with Crippen LogP contribution in [0, 0.1) is 13.8 Å². The predicted molar refractivity (Wildman–Crippen MR) is 116 cm³/mol. The van der Waals surface area contributed by atoms with Crippen molar-refractivity contribution in [2.75, 3.05) is 20.3 Å². The van der Waals surface area contributed by atoms with Crippen LogP contribution in [0.4, 0.5) is 0 Å². The zero-order chi connectivity index (χ0) is 22.9. The van der Waals surface area contributed by atoms with Crippen LogP contribution in [0.15, 0.2) is 34.3 Å². The Morgan fingerprint density at radius 3 is 2.55 bits per heavy atom. The molecule has 3 rings (SSSR count). The average Bonchev–Trinajstić information content (AvgIpc) is 3.23. The predicted octanol–water partition coefficient (Wildman–Crippen LogP) is 4.41. The van der Waals surface area contributed by atoms with E-state index in [1.165, 1.54) is 12.0 Å². The minimum absolute atomic E-state index is 0.0279. The van der Waals surface area contributed by atoms with Gasteiger partial charge in [-0.25, -0.2) is 0 Å². The van der Waals surface area contributed by atoms with Crippen LogP contribution in [0.25, 0.3) is 5.76 Å². The third-order valence-corrected chi connectivity index (χ3v) is 5.28. The molecule has 7 nitrogen and oxygen atoms in total. The number of halogens is 1. The smallest absolute Gasteiger partial charge is 0.295 e. The number of amides is 1. The van der Waals surface area contributed by atoms with E-state index >= 15 is 0 Å². The fourth-order valence-corrected chi connectivity index (χ4v) is 4.00. The van der Waals surface area contributed by atoms with Crippen molar-refractivity contribution in [3.05, 3.63) is 57.5 Å². The van der Waals surface area contributed by atoms with Crippen molar-refractivity contribution < 1.29 is 28.6 Å². The normalized spacial score (nSPS) is 18.3. The maximum atomic E-state index is 13.0. The van der Waals surface area contributed by atoms with E-state index in [0.717, 1.165) is 5.56 Å². The van der Waals surface area contributed by atoms with Gasteiger partial charge in [0.05, 0.1) is 36.0 Å². The fourth-order valence-electron chi connectivity index (χ4n) is 3.65. The highest BCUT2D eigenvalue weighted by Crippen LogP contribution is 2.42. The van der Waals surface area contributed by atoms with Crippen LogP contribution >= 0.6 is 11.6 Å². The van der Waals surface area contributed by atoms with E-state index in [-0.39, 0.29) is 46.9 Å². The number of Topliss-reactive ketones (excluding diaryl/α,β-unsaturated/α-hetero) is 1. The summed E-state index contributed by atoms with van der Waals surface area (Å²) < 4.78 is 16.7. The van der Waals surface area contributed by atoms with Gasteiger partial charge in [-0.3, -0.25) is 9.59 Å². The first-order chi connectivity index (χ1) is 14.6. The molecule has 0 spiro atoms. The molecule has 2 heterocycles. The highest BCUT2D eigenvalue weighted by Gasteiger charge is 2.47. The third kappa shape index (κ3) is 4.48. The molecule has 0 bridgehead atoms. The molecule has 1 atom stereocenters. The Kier molecular flexibility index (Phi) is 6.77. The summed E-state index contributed by atoms with van der Waals surface area (Å²) in [7, 11) is 1.42. The largest absolute Gasteiger partial charge is 0.507 e. The molecule has 1 aromatic heterocycles. The maximum Gasteiger partial charge on any atom is 0.295 e. The Bertz CT molecular complexity index is 1040. The first-order valence-corrected chi connectivity index (χ1v) is 10.3. The Balaban J connectivity index is 2.17. The minimum Gasteiger partial charge on any atom is -0.507 e. The Morgan fingerprint density at radius 1 is 1.26 bits per heavy atom. The number of ether oxygens (including phenoxy) is 2. The fraction of sp³-hybridized carbons (Fsp3) is 0.391. The van der Waals surface area contributed by atoms with Gasteiger partial charge in [0.1, 0.15) is 29.1 Å². The number of carbonyl (C=O) groups excluding carboxylic acids is 2. The zero-order valence-corrected chi connectivity index (χ0v) is 18.9. The van der Waals surface area contributed by atoms with Crippen LogP contribution in [0.3, 0.4) is 0 Å². The van der Waals surface area contributed by atoms with Gasteiger partial charge in [0, 0.05) is 6.54 Å². The summed E-state index contributed by atoms with van der Waals surface area (Å²) >= 11 is 6.28. The molecule has 1 N–H and O–H groups in total. The quantitative estimate of drug-likeness (QED) is 0.384. The van der Waals surface area contributed by atoms with E-state index in [4.69, 9.17) is 25.5 Å². The molecule has 1 aliphatic heterocycles. The number of hydrogen-bond donors (Lipinski definition) is 1. The molecular formula is C23H26ClNO6. The van der Waals surface area contributed by atoms with Gasteiger partial charge in [-0.2, -0.15) is 0 Å². The van der Waals surface area contributed by atoms with E-state index in [9.17, 15) is 14.7 Å². The molecule has 1 unspecified atom stereocenters. The van der Waals surface area contributed by atoms with Gasteiger partial charge in [0.2, 0.25) is 0 Å². The van der Waals surface area contributed by atoms with Gasteiger partial charge in [0.15, 0.2) is 0 Å². The summed E-state index contributed by atoms with van der Waals surface area (Å²) in [5.41, 5.74) is 0.915. The summed E-state index contributed by atoms with van der Waals surface area (Å²) in [6.45, 7) is 7.74. The number of benzene rings is 1. The standard InChI is InChI=1S/C23H26ClNO6/c1-12(2)30-9-8-25-19(17-7-6-14(4)31-17)18(21(27)23(25)28)20(26)15-10-13(3)11-16(24)22(15)29-5/h6-7,10-12,19,26H,8-9H2,1-5H3/b20-18+. The molecular weight excluding hydrogens is 422 g/mol. The number of methoxy groups -OCH3 is 1. The van der Waals surface area contributed by atoms with E-state index in [1.807, 2.05) is 13.8 Å². The van der Waals surface area contributed by atoms with Crippen molar-refractivity contribution >= 4 is 29.1 Å². The van der Waals surface area contributed by atoms with E-state index in [0.29, 0.717) is 11.5 Å². The Labute approximate surface area is 186 Å². The van der Waals surface area contributed by atoms with Crippen LogP contribution in [0.5, 0.6) is 5.75 Å². The number of ketones is 1. The molecule has 2 aromatic rings. The van der Waals surface area contributed by atoms with E-state index in [1.54, 1.807) is 38.1 Å². The summed E-state index contributed by atoms with van der Waals surface area (Å²) in [5.74, 6) is -0.692. The van der Waals surface area contributed by atoms with Crippen molar-refractivity contribution in [3.63, 3.8) is 0 Å². The third-order valence-electron chi connectivity index (χ3n) is 5.00. The number of rotatable bonds is 7. The number of aryl methyl sites for hydroxylation is 2. The first kappa shape index (κ1) is 22.9. The van der Waals surface area contributed by atoms with Crippen LogP contribution in [-0.4, -0.2) is 48.1 Å². The molecule has 1 fully saturated rings. The van der Waals surface area contributed by atoms with Crippen molar-refractivity contribution in [2.45, 2.75) is 39.8 Å². The maximum absolute atomic E-state index is 13.0. The SMILES string of the molecule is COc1c(Cl)cc(C)cc1/C(O)=C1\C(=O)C(=O)N(CCOC(C)C)C1c1ccc(C)o1. The van der Waals surface area contributed by atoms with Crippen LogP contribution in [0.2, 0.25) is 5.02 Å². The first-order valence-electron chi connectivity index (χ1n) is 9.96. The average molecular weight is 448 g/mol. The highest BCUT2D eigenvalue weighted by atomic mass is 35.5. The lowest BCUT2D eigenvalue weighted by atomic mass is 9.98. The number of furan rings is 1. The second kappa shape index (κ2) is 9.16. The van der Waals surface area contributed by atoms with Gasteiger partial charge in [-0.15, -0.1) is 0 Å². The molecule has 1 saturated heterocycles. The highest BCUT2D eigenvalue weighted by molar-refractivity contribution is 6.46. The van der Waals surface area contributed by atoms with Gasteiger partial charge in [-0.1, -0.05) is 11.6 Å². The van der Waals surface area contributed by atoms with Crippen molar-refractivity contribution in [1.29, 1.82) is 0 Å². The lowest BCUT2D eigenvalue weighted by Crippen LogP contribution is -2.33. The van der Waals surface area contributed by atoms with Gasteiger partial charge in [0.25, 0.3) is 11.7 Å². The minimum atomic E-state index is -0.895. The number of aliphatic hydroxyl groups is 1. The molecule has 1 aliphatic rings. The molecule has 31 heavy (non-hydrogen) atoms. The van der Waals surface area contributed by atoms with E-state index < -0.39 is 17.7 Å². The van der Waals surface area contributed by atoms with Crippen molar-refractivity contribution in [3.8, 4) is 5.75 Å². The second-order valence-electron chi connectivity index (χ2n) is 7.69. The van der Waals surface area contributed by atoms with Gasteiger partial charge >= 0.3 is 0 Å². The number of nitrogens with zero attached hydrogens (tertiary/aromatic N) is 1. The summed E-state index contributed by atoms with van der Waals surface area (Å²) in [5, 5.41) is 11.5. The number of likely N-dealkylation sites (tertiary alicyclic amines) is 1. The van der Waals surface area contributed by atoms with E-state index in [2.05, 4.69) is 0 Å². The molecule has 1 amide bonds. The zero-order valence-electron chi connectivity index (χ0n) is 18.2. The lowest BCUT2D eigenvalue weighted by Gasteiger charge is -2.24. The molecule has 0 radical (unpaired) electrons. The molecule has 166 valence electrons. The molecule has 0 aliphatic carbocycles. The monoisotopic (exact) mass is 447 g/mol. The topological polar surface area (TPSA) is 89.2 Å². The summed E-state index contributed by atoms with van der Waals surface area (Å²) in [6.07, 6.45) is -0.0279. The van der Waals surface area contributed by atoms with Crippen molar-refractivity contribution in [1.82, 2.24) is 4.90 Å². The summed E-state index contributed by atoms with van der Waals surface area (Å²) in [6, 6.07) is 5.88.